The Kier molecular flexibility index (Phi) is 5.64. The van der Waals surface area contributed by atoms with Crippen LogP contribution in [-0.4, -0.2) is 38.9 Å². The molecule has 7 heteroatoms. The number of thiophene rings is 1. The molecule has 1 aromatic rings. The van der Waals surface area contributed by atoms with E-state index in [0.717, 1.165) is 34.6 Å². The van der Waals surface area contributed by atoms with Gasteiger partial charge in [0, 0.05) is 18.0 Å². The highest BCUT2D eigenvalue weighted by molar-refractivity contribution is 9.11. The molecule has 0 spiro atoms. The first-order valence-corrected chi connectivity index (χ1v) is 9.97. The van der Waals surface area contributed by atoms with Gasteiger partial charge in [0.05, 0.1) is 8.68 Å². The summed E-state index contributed by atoms with van der Waals surface area (Å²) in [7, 11) is -3.37. The monoisotopic (exact) mass is 380 g/mol. The Balaban J connectivity index is 2.18. The molecular weight excluding hydrogens is 360 g/mol. The number of aryl methyl sites for hydroxylation is 1. The maximum Gasteiger partial charge on any atom is 0.244 e. The van der Waals surface area contributed by atoms with E-state index < -0.39 is 10.0 Å². The van der Waals surface area contributed by atoms with Crippen molar-refractivity contribution in [1.29, 1.82) is 0 Å². The minimum Gasteiger partial charge on any atom is -0.316 e. The molecule has 1 atom stereocenters. The molecular formula is C13H21BrN2O2S2. The molecule has 0 radical (unpaired) electrons. The van der Waals surface area contributed by atoms with Crippen LogP contribution in [-0.2, 0) is 10.0 Å². The Hall–Kier alpha value is 0.0500. The fourth-order valence-electron chi connectivity index (χ4n) is 2.59. The van der Waals surface area contributed by atoms with Gasteiger partial charge < -0.3 is 5.32 Å². The first-order valence-electron chi connectivity index (χ1n) is 6.92. The van der Waals surface area contributed by atoms with Crippen LogP contribution in [0.25, 0.3) is 0 Å². The van der Waals surface area contributed by atoms with Crippen molar-refractivity contribution < 1.29 is 8.42 Å². The van der Waals surface area contributed by atoms with Crippen molar-refractivity contribution in [2.45, 2.75) is 31.6 Å². The first kappa shape index (κ1) is 16.4. The lowest BCUT2D eigenvalue weighted by Crippen LogP contribution is -2.41. The average Bonchev–Trinajstić information content (AvgIpc) is 2.76. The molecule has 1 fully saturated rings. The number of piperidine rings is 1. The van der Waals surface area contributed by atoms with Crippen LogP contribution in [0, 0.1) is 12.8 Å². The quantitative estimate of drug-likeness (QED) is 0.853. The van der Waals surface area contributed by atoms with Crippen molar-refractivity contribution in [1.82, 2.24) is 9.62 Å². The molecule has 4 nitrogen and oxygen atoms in total. The van der Waals surface area contributed by atoms with Gasteiger partial charge in [-0.3, -0.25) is 0 Å². The molecule has 1 N–H and O–H groups in total. The Bertz CT molecular complexity index is 551. The summed E-state index contributed by atoms with van der Waals surface area (Å²) in [5.74, 6) is 0.417. The van der Waals surface area contributed by atoms with Gasteiger partial charge in [-0.05, 0) is 60.8 Å². The van der Waals surface area contributed by atoms with Crippen molar-refractivity contribution in [3.8, 4) is 0 Å². The molecule has 1 aliphatic heterocycles. The molecule has 0 saturated carbocycles. The zero-order valence-corrected chi connectivity index (χ0v) is 15.1. The summed E-state index contributed by atoms with van der Waals surface area (Å²) in [5, 5.41) is 3.34. The smallest absolute Gasteiger partial charge is 0.244 e. The minimum absolute atomic E-state index is 0.417. The number of sulfonamides is 1. The molecule has 2 rings (SSSR count). The summed E-state index contributed by atoms with van der Waals surface area (Å²) in [6.45, 7) is 6.86. The lowest BCUT2D eigenvalue weighted by molar-refractivity contribution is 0.298. The predicted octanol–water partition coefficient (Wildman–Crippen LogP) is 2.83. The number of nitrogens with zero attached hydrogens (tertiary/aromatic N) is 1. The predicted molar refractivity (Wildman–Crippen MR) is 86.8 cm³/mol. The van der Waals surface area contributed by atoms with E-state index >= 15 is 0 Å². The SMILES string of the molecule is CCN(CC1CCCNC1)S(=O)(=O)c1cc(Br)sc1C. The summed E-state index contributed by atoms with van der Waals surface area (Å²) in [4.78, 5) is 1.29. The van der Waals surface area contributed by atoms with Crippen molar-refractivity contribution in [3.05, 3.63) is 14.7 Å². The van der Waals surface area contributed by atoms with Gasteiger partial charge in [-0.25, -0.2) is 8.42 Å². The van der Waals surface area contributed by atoms with E-state index in [2.05, 4.69) is 21.2 Å². The van der Waals surface area contributed by atoms with Gasteiger partial charge in [-0.2, -0.15) is 4.31 Å². The average molecular weight is 381 g/mol. The molecule has 20 heavy (non-hydrogen) atoms. The summed E-state index contributed by atoms with van der Waals surface area (Å²) in [6.07, 6.45) is 2.23. The minimum atomic E-state index is -3.37. The molecule has 0 aromatic carbocycles. The second kappa shape index (κ2) is 6.87. The molecule has 1 unspecified atom stereocenters. The summed E-state index contributed by atoms with van der Waals surface area (Å²) < 4.78 is 28.0. The summed E-state index contributed by atoms with van der Waals surface area (Å²) >= 11 is 4.84. The lowest BCUT2D eigenvalue weighted by atomic mass is 10.00. The Morgan fingerprint density at radius 3 is 2.80 bits per heavy atom. The highest BCUT2D eigenvalue weighted by Crippen LogP contribution is 2.32. The van der Waals surface area contributed by atoms with Gasteiger partial charge in [-0.15, -0.1) is 11.3 Å². The van der Waals surface area contributed by atoms with Crippen LogP contribution in [0.2, 0.25) is 0 Å². The topological polar surface area (TPSA) is 49.4 Å². The van der Waals surface area contributed by atoms with Crippen molar-refractivity contribution >= 4 is 37.3 Å². The zero-order valence-electron chi connectivity index (χ0n) is 11.9. The number of nitrogens with one attached hydrogen (secondary N) is 1. The number of hydrogen-bond acceptors (Lipinski definition) is 4. The zero-order chi connectivity index (χ0) is 14.8. The third-order valence-corrected chi connectivity index (χ3v) is 7.42. The van der Waals surface area contributed by atoms with Crippen LogP contribution >= 0.6 is 27.3 Å². The van der Waals surface area contributed by atoms with Gasteiger partial charge in [0.15, 0.2) is 0 Å². The van der Waals surface area contributed by atoms with E-state index in [9.17, 15) is 8.42 Å². The fourth-order valence-corrected chi connectivity index (χ4v) is 6.50. The molecule has 0 amide bonds. The summed E-state index contributed by atoms with van der Waals surface area (Å²) in [5.41, 5.74) is 0. The standard InChI is InChI=1S/C13H21BrN2O2S2/c1-3-16(9-11-5-4-6-15-8-11)20(17,18)12-7-13(14)19-10(12)2/h7,11,15H,3-6,8-9H2,1-2H3. The molecule has 1 saturated heterocycles. The van der Waals surface area contributed by atoms with Crippen molar-refractivity contribution in [2.24, 2.45) is 5.92 Å². The molecule has 0 bridgehead atoms. The van der Waals surface area contributed by atoms with Crippen LogP contribution < -0.4 is 5.32 Å². The largest absolute Gasteiger partial charge is 0.316 e. The Morgan fingerprint density at radius 1 is 1.55 bits per heavy atom. The van der Waals surface area contributed by atoms with Gasteiger partial charge in [-0.1, -0.05) is 6.92 Å². The lowest BCUT2D eigenvalue weighted by Gasteiger charge is -2.28. The van der Waals surface area contributed by atoms with Crippen molar-refractivity contribution in [2.75, 3.05) is 26.2 Å². The van der Waals surface area contributed by atoms with E-state index in [4.69, 9.17) is 0 Å². The maximum absolute atomic E-state index is 12.8. The fraction of sp³-hybridized carbons (Fsp3) is 0.692. The van der Waals surface area contributed by atoms with Gasteiger partial charge >= 0.3 is 0 Å². The van der Waals surface area contributed by atoms with E-state index in [-0.39, 0.29) is 0 Å². The van der Waals surface area contributed by atoms with E-state index in [0.29, 0.717) is 23.9 Å². The van der Waals surface area contributed by atoms with E-state index in [1.165, 1.54) is 11.3 Å². The Labute approximate surface area is 133 Å². The number of halogens is 1. The first-order chi connectivity index (χ1) is 9.45. The normalized spacial score (nSPS) is 20.5. The second-order valence-electron chi connectivity index (χ2n) is 5.14. The van der Waals surface area contributed by atoms with Crippen molar-refractivity contribution in [3.63, 3.8) is 0 Å². The van der Waals surface area contributed by atoms with Gasteiger partial charge in [0.1, 0.15) is 0 Å². The van der Waals surface area contributed by atoms with Gasteiger partial charge in [0.25, 0.3) is 0 Å². The molecule has 1 aliphatic rings. The highest BCUT2D eigenvalue weighted by atomic mass is 79.9. The van der Waals surface area contributed by atoms with Crippen LogP contribution in [0.3, 0.4) is 0 Å². The second-order valence-corrected chi connectivity index (χ2v) is 9.68. The number of hydrogen-bond donors (Lipinski definition) is 1. The summed E-state index contributed by atoms with van der Waals surface area (Å²) in [6, 6.07) is 1.72. The van der Waals surface area contributed by atoms with Crippen LogP contribution in [0.15, 0.2) is 14.7 Å². The van der Waals surface area contributed by atoms with Gasteiger partial charge in [0.2, 0.25) is 10.0 Å². The van der Waals surface area contributed by atoms with Crippen LogP contribution in [0.4, 0.5) is 0 Å². The highest BCUT2D eigenvalue weighted by Gasteiger charge is 2.29. The molecule has 2 heterocycles. The van der Waals surface area contributed by atoms with Crippen LogP contribution in [0.5, 0.6) is 0 Å². The third-order valence-electron chi connectivity index (χ3n) is 3.67. The molecule has 0 aliphatic carbocycles. The Morgan fingerprint density at radius 2 is 2.30 bits per heavy atom. The third kappa shape index (κ3) is 3.62. The number of rotatable bonds is 5. The molecule has 114 valence electrons. The van der Waals surface area contributed by atoms with E-state index in [1.807, 2.05) is 13.8 Å². The van der Waals surface area contributed by atoms with E-state index in [1.54, 1.807) is 10.4 Å². The van der Waals surface area contributed by atoms with Crippen LogP contribution in [0.1, 0.15) is 24.6 Å². The maximum atomic E-state index is 12.8. The molecule has 1 aromatic heterocycles.